The van der Waals surface area contributed by atoms with E-state index in [0.717, 1.165) is 17.4 Å². The number of benzene rings is 1. The third-order valence-electron chi connectivity index (χ3n) is 2.74. The molecule has 2 N–H and O–H groups in total. The van der Waals surface area contributed by atoms with E-state index in [2.05, 4.69) is 26.2 Å². The fourth-order valence-electron chi connectivity index (χ4n) is 1.63. The summed E-state index contributed by atoms with van der Waals surface area (Å²) in [4.78, 5) is 23.3. The van der Waals surface area contributed by atoms with E-state index in [9.17, 15) is 9.59 Å². The maximum Gasteiger partial charge on any atom is 0.321 e. The fourth-order valence-corrected chi connectivity index (χ4v) is 2.56. The molecule has 1 aromatic carbocycles. The molecule has 8 nitrogen and oxygen atoms in total. The Morgan fingerprint density at radius 2 is 2.04 bits per heavy atom. The molecule has 0 aliphatic rings. The number of rotatable bonds is 5. The molecule has 1 atom stereocenters. The number of nitrogens with zero attached hydrogens (tertiary/aromatic N) is 4. The summed E-state index contributed by atoms with van der Waals surface area (Å²) in [6.45, 7) is 3.87. The van der Waals surface area contributed by atoms with Gasteiger partial charge >= 0.3 is 6.03 Å². The summed E-state index contributed by atoms with van der Waals surface area (Å²) in [6.07, 6.45) is 0. The largest absolute Gasteiger partial charge is 0.338 e. The smallest absolute Gasteiger partial charge is 0.321 e. The van der Waals surface area contributed by atoms with Gasteiger partial charge in [-0.1, -0.05) is 23.4 Å². The monoisotopic (exact) mass is 354 g/mol. The third-order valence-corrected chi connectivity index (χ3v) is 4.02. The molecule has 0 spiro atoms. The third kappa shape index (κ3) is 4.67. The number of hydrogen-bond acceptors (Lipinski definition) is 6. The second-order valence-electron chi connectivity index (χ2n) is 4.46. The molecule has 0 saturated carbocycles. The number of thioether (sulfide) groups is 1. The van der Waals surface area contributed by atoms with Gasteiger partial charge in [0.05, 0.1) is 10.9 Å². The summed E-state index contributed by atoms with van der Waals surface area (Å²) in [5, 5.41) is 16.7. The minimum atomic E-state index is -0.547. The molecule has 0 radical (unpaired) electrons. The molecule has 0 aliphatic carbocycles. The summed E-state index contributed by atoms with van der Waals surface area (Å²) in [6, 6.07) is 6.45. The lowest BCUT2D eigenvalue weighted by molar-refractivity contribution is -0.119. The molecule has 23 heavy (non-hydrogen) atoms. The Morgan fingerprint density at radius 1 is 1.35 bits per heavy atom. The molecule has 2 aromatic rings. The topological polar surface area (TPSA) is 102 Å². The number of carbonyl (C=O) groups is 2. The van der Waals surface area contributed by atoms with E-state index in [0.29, 0.717) is 16.7 Å². The zero-order chi connectivity index (χ0) is 16.8. The lowest BCUT2D eigenvalue weighted by Crippen LogP contribution is -2.42. The van der Waals surface area contributed by atoms with Gasteiger partial charge in [-0.3, -0.25) is 10.1 Å². The first-order chi connectivity index (χ1) is 11.0. The normalized spacial score (nSPS) is 11.8. The first kappa shape index (κ1) is 17.2. The fraction of sp³-hybridized carbons (Fsp3) is 0.308. The van der Waals surface area contributed by atoms with Crippen LogP contribution in [0.4, 0.5) is 4.79 Å². The van der Waals surface area contributed by atoms with E-state index in [1.54, 1.807) is 38.1 Å². The maximum atomic E-state index is 12.0. The van der Waals surface area contributed by atoms with Gasteiger partial charge in [-0.2, -0.15) is 4.68 Å². The van der Waals surface area contributed by atoms with Crippen molar-refractivity contribution in [3.05, 3.63) is 29.3 Å². The second kappa shape index (κ2) is 7.93. The SMILES string of the molecule is CCNC(=O)NC(=O)[C@@H](C)Sc1nnnn1-c1ccc(Cl)cc1. The van der Waals surface area contributed by atoms with Gasteiger partial charge in [-0.25, -0.2) is 4.79 Å². The van der Waals surface area contributed by atoms with Crippen LogP contribution in [0.2, 0.25) is 5.02 Å². The van der Waals surface area contributed by atoms with Crippen LogP contribution in [0.3, 0.4) is 0 Å². The van der Waals surface area contributed by atoms with Gasteiger partial charge in [0.2, 0.25) is 11.1 Å². The van der Waals surface area contributed by atoms with Gasteiger partial charge in [-0.15, -0.1) is 5.10 Å². The summed E-state index contributed by atoms with van der Waals surface area (Å²) >= 11 is 7.00. The maximum absolute atomic E-state index is 12.0. The molecule has 2 rings (SSSR count). The Morgan fingerprint density at radius 3 is 2.70 bits per heavy atom. The predicted octanol–water partition coefficient (Wildman–Crippen LogP) is 1.64. The number of hydrogen-bond donors (Lipinski definition) is 2. The van der Waals surface area contributed by atoms with Crippen LogP contribution < -0.4 is 10.6 Å². The Balaban J connectivity index is 2.06. The van der Waals surface area contributed by atoms with E-state index in [4.69, 9.17) is 11.6 Å². The average molecular weight is 355 g/mol. The van der Waals surface area contributed by atoms with Crippen LogP contribution in [-0.2, 0) is 4.79 Å². The molecule has 1 aromatic heterocycles. The first-order valence-corrected chi connectivity index (χ1v) is 8.06. The van der Waals surface area contributed by atoms with Crippen LogP contribution in [0, 0.1) is 0 Å². The lowest BCUT2D eigenvalue weighted by Gasteiger charge is -2.11. The van der Waals surface area contributed by atoms with E-state index >= 15 is 0 Å². The van der Waals surface area contributed by atoms with Crippen LogP contribution in [0.15, 0.2) is 29.4 Å². The zero-order valence-corrected chi connectivity index (χ0v) is 14.1. The van der Waals surface area contributed by atoms with Gasteiger partial charge < -0.3 is 5.32 Å². The van der Waals surface area contributed by atoms with E-state index in [-0.39, 0.29) is 0 Å². The minimum Gasteiger partial charge on any atom is -0.338 e. The number of halogens is 1. The van der Waals surface area contributed by atoms with Crippen LogP contribution in [0.1, 0.15) is 13.8 Å². The second-order valence-corrected chi connectivity index (χ2v) is 6.20. The number of carbonyl (C=O) groups excluding carboxylic acids is 2. The van der Waals surface area contributed by atoms with Crippen molar-refractivity contribution in [2.75, 3.05) is 6.54 Å². The molecule has 0 saturated heterocycles. The van der Waals surface area contributed by atoms with Gasteiger partial charge in [0.15, 0.2) is 0 Å². The Labute approximate surface area is 142 Å². The molecule has 0 unspecified atom stereocenters. The zero-order valence-electron chi connectivity index (χ0n) is 12.5. The Bertz CT molecular complexity index is 690. The minimum absolute atomic E-state index is 0.424. The number of nitrogens with one attached hydrogen (secondary N) is 2. The van der Waals surface area contributed by atoms with Crippen LogP contribution in [-0.4, -0.2) is 43.9 Å². The van der Waals surface area contributed by atoms with E-state index < -0.39 is 17.2 Å². The molecule has 10 heteroatoms. The van der Waals surface area contributed by atoms with Crippen molar-refractivity contribution < 1.29 is 9.59 Å². The van der Waals surface area contributed by atoms with Crippen LogP contribution in [0.25, 0.3) is 5.69 Å². The Hall–Kier alpha value is -2.13. The van der Waals surface area contributed by atoms with Crippen LogP contribution >= 0.6 is 23.4 Å². The van der Waals surface area contributed by atoms with Gasteiger partial charge in [0.1, 0.15) is 0 Å². The molecular weight excluding hydrogens is 340 g/mol. The van der Waals surface area contributed by atoms with Crippen molar-refractivity contribution in [1.82, 2.24) is 30.8 Å². The summed E-state index contributed by atoms with van der Waals surface area (Å²) in [5.41, 5.74) is 0.721. The standard InChI is InChI=1S/C13H15ClN6O2S/c1-3-15-12(22)16-11(21)8(2)23-13-17-18-19-20(13)10-6-4-9(14)5-7-10/h4-8H,3H2,1-2H3,(H2,15,16,21,22)/t8-/m1/s1. The summed E-state index contributed by atoms with van der Waals surface area (Å²) in [5.74, 6) is -0.424. The van der Waals surface area contributed by atoms with Crippen molar-refractivity contribution in [3.8, 4) is 5.69 Å². The molecule has 0 aliphatic heterocycles. The molecule has 122 valence electrons. The number of tetrazole rings is 1. The number of urea groups is 1. The lowest BCUT2D eigenvalue weighted by atomic mass is 10.3. The van der Waals surface area contributed by atoms with Crippen molar-refractivity contribution in [1.29, 1.82) is 0 Å². The average Bonchev–Trinajstić information content (AvgIpc) is 2.96. The van der Waals surface area contributed by atoms with Crippen molar-refractivity contribution in [3.63, 3.8) is 0 Å². The highest BCUT2D eigenvalue weighted by Gasteiger charge is 2.20. The van der Waals surface area contributed by atoms with Crippen molar-refractivity contribution in [2.24, 2.45) is 0 Å². The van der Waals surface area contributed by atoms with E-state index in [1.165, 1.54) is 4.68 Å². The molecular formula is C13H15ClN6O2S. The summed E-state index contributed by atoms with van der Waals surface area (Å²) in [7, 11) is 0. The van der Waals surface area contributed by atoms with Crippen molar-refractivity contribution >= 4 is 35.3 Å². The van der Waals surface area contributed by atoms with E-state index in [1.807, 2.05) is 0 Å². The number of amides is 3. The van der Waals surface area contributed by atoms with Crippen molar-refractivity contribution in [2.45, 2.75) is 24.3 Å². The van der Waals surface area contributed by atoms with Gasteiger partial charge in [0, 0.05) is 11.6 Å². The van der Waals surface area contributed by atoms with Gasteiger partial charge in [0.25, 0.3) is 0 Å². The summed E-state index contributed by atoms with van der Waals surface area (Å²) < 4.78 is 1.50. The molecule has 0 fully saturated rings. The van der Waals surface area contributed by atoms with Crippen LogP contribution in [0.5, 0.6) is 0 Å². The number of aromatic nitrogens is 4. The highest BCUT2D eigenvalue weighted by Crippen LogP contribution is 2.23. The molecule has 3 amide bonds. The van der Waals surface area contributed by atoms with Gasteiger partial charge in [-0.05, 0) is 48.5 Å². The first-order valence-electron chi connectivity index (χ1n) is 6.81. The highest BCUT2D eigenvalue weighted by molar-refractivity contribution is 8.00. The Kier molecular flexibility index (Phi) is 5.94. The molecule has 0 bridgehead atoms. The molecule has 1 heterocycles. The quantitative estimate of drug-likeness (QED) is 0.791. The predicted molar refractivity (Wildman–Crippen MR) is 86.7 cm³/mol. The number of imide groups is 1. The highest BCUT2D eigenvalue weighted by atomic mass is 35.5.